The van der Waals surface area contributed by atoms with Gasteiger partial charge in [0.1, 0.15) is 0 Å². The first-order valence-electron chi connectivity index (χ1n) is 55.1. The number of anilines is 6. The number of hydrogen-bond donors (Lipinski definition) is 0. The highest BCUT2D eigenvalue weighted by atomic mass is 15.2. The van der Waals surface area contributed by atoms with Gasteiger partial charge in [-0.25, -0.2) is 0 Å². The van der Waals surface area contributed by atoms with Crippen molar-refractivity contribution in [2.24, 2.45) is 48.7 Å². The Morgan fingerprint density at radius 2 is 0.539 bits per heavy atom. The number of para-hydroxylation sites is 2. The average molecular weight is 1700 g/mol. The summed E-state index contributed by atoms with van der Waals surface area (Å²) < 4.78 is 188. The van der Waals surface area contributed by atoms with Crippen LogP contribution >= 0.6 is 0 Å². The fourth-order valence-electron chi connectivity index (χ4n) is 19.7. The SMILES string of the molecule is [2H]c1c([2H])c([2H])c2c(c1[2H])c1cc(C([2H])([2H])C(C)(C)C)ccc1n2-c1ccc2c(c1)N(c1c(-c3cccc(CC(C)(C)C)c3)cc(C([2H])([2H])C(C)(C)C)cc1-c1cccc(CC(C)(C)C)c1)c1cc(C([2H])([2H])C(C)(C)C)cc3c1B2c1ccc(-n2c4ccc(C([2H])([2H])C(C)(C)C)cc4c4c([2H])c([2H])c([2H])c([2H])c42)cc1N3c1c(-c2cccc(CC(C)(C)C)c2)cc(C([2H])([2H])C(C)(C)C)cc1-c1cccc(CC(C)(C)C)c1. The molecule has 2 aromatic heterocycles. The molecule has 15 aromatic rings. The van der Waals surface area contributed by atoms with Gasteiger partial charge in [-0.2, -0.15) is 0 Å². The quantitative estimate of drug-likeness (QED) is 0.0845. The van der Waals surface area contributed by atoms with E-state index in [-0.39, 0.29) is 73.2 Å². The number of hydrogen-bond acceptors (Lipinski definition) is 2. The van der Waals surface area contributed by atoms with E-state index in [4.69, 9.17) is 0 Å². The van der Waals surface area contributed by atoms with Crippen LogP contribution in [-0.4, -0.2) is 15.8 Å². The van der Waals surface area contributed by atoms with E-state index in [2.05, 4.69) is 214 Å². The van der Waals surface area contributed by atoms with Crippen LogP contribution in [0.3, 0.4) is 0 Å². The topological polar surface area (TPSA) is 16.3 Å². The van der Waals surface area contributed by atoms with Crippen LogP contribution in [0.2, 0.25) is 0 Å². The second-order valence-electron chi connectivity index (χ2n) is 46.6. The summed E-state index contributed by atoms with van der Waals surface area (Å²) in [5.41, 5.74) is 12.7. The summed E-state index contributed by atoms with van der Waals surface area (Å²) in [6.07, 6.45) is -7.68. The molecule has 17 rings (SSSR count). The first-order chi connectivity index (χ1) is 67.2. The molecule has 0 spiro atoms. The third kappa shape index (κ3) is 19.1. The molecule has 656 valence electrons. The lowest BCUT2D eigenvalue weighted by atomic mass is 9.33. The molecular weight excluding hydrogens is 1540 g/mol. The monoisotopic (exact) mass is 1700 g/mol. The summed E-state index contributed by atoms with van der Waals surface area (Å²) in [6.45, 7) is 53.9. The van der Waals surface area contributed by atoms with Crippen LogP contribution in [0.25, 0.3) is 99.5 Å². The third-order valence-electron chi connectivity index (χ3n) is 23.5. The minimum Gasteiger partial charge on any atom is -0.310 e. The summed E-state index contributed by atoms with van der Waals surface area (Å²) in [5.74, 6) is 0. The lowest BCUT2D eigenvalue weighted by Crippen LogP contribution is -2.61. The van der Waals surface area contributed by atoms with Gasteiger partial charge in [0.25, 0.3) is 6.71 Å². The maximum absolute atomic E-state index is 11.4. The summed E-state index contributed by atoms with van der Waals surface area (Å²) in [6, 6.07) is 66.0. The Bertz CT molecular complexity index is 7240. The minimum atomic E-state index is -2.28. The molecule has 2 aliphatic rings. The lowest BCUT2D eigenvalue weighted by Gasteiger charge is -2.46. The van der Waals surface area contributed by atoms with Gasteiger partial charge in [-0.3, -0.25) is 0 Å². The van der Waals surface area contributed by atoms with E-state index in [0.29, 0.717) is 154 Å². The van der Waals surface area contributed by atoms with Crippen LogP contribution in [0.4, 0.5) is 34.1 Å². The van der Waals surface area contributed by atoms with Crippen molar-refractivity contribution in [3.63, 3.8) is 0 Å². The highest BCUT2D eigenvalue weighted by Gasteiger charge is 2.47. The average Bonchev–Trinajstić information content (AvgIpc) is 0.706. The molecule has 0 aliphatic carbocycles. The molecule has 0 radical (unpaired) electrons. The van der Waals surface area contributed by atoms with E-state index in [1.165, 1.54) is 0 Å². The molecule has 128 heavy (non-hydrogen) atoms. The molecular formula is C123H141BN4. The molecule has 5 heteroatoms. The third-order valence-corrected chi connectivity index (χ3v) is 23.5. The minimum absolute atomic E-state index is 0.137. The van der Waals surface area contributed by atoms with Gasteiger partial charge in [0.05, 0.1) is 44.4 Å². The molecule has 4 nitrogen and oxygen atoms in total. The zero-order valence-electron chi connectivity index (χ0n) is 98.8. The van der Waals surface area contributed by atoms with Crippen LogP contribution in [-0.2, 0) is 57.5 Å². The molecule has 0 saturated heterocycles. The second kappa shape index (κ2) is 32.6. The molecule has 0 N–H and O–H groups in total. The maximum Gasteiger partial charge on any atom is 0.252 e. The molecule has 4 heterocycles. The fraction of sp³-hybridized carbons (Fsp3) is 0.366. The van der Waals surface area contributed by atoms with Crippen molar-refractivity contribution >= 4 is 101 Å². The summed E-state index contributed by atoms with van der Waals surface area (Å²) in [4.78, 5) is 4.55. The van der Waals surface area contributed by atoms with Crippen LogP contribution in [0.5, 0.6) is 0 Å². The Kier molecular flexibility index (Phi) is 17.6. The first kappa shape index (κ1) is 69.2. The predicted molar refractivity (Wildman–Crippen MR) is 559 cm³/mol. The van der Waals surface area contributed by atoms with Crippen LogP contribution in [0, 0.1) is 48.7 Å². The van der Waals surface area contributed by atoms with E-state index in [0.717, 1.165) is 44.5 Å². The summed E-state index contributed by atoms with van der Waals surface area (Å²) in [7, 11) is 0. The van der Waals surface area contributed by atoms with Crippen LogP contribution in [0.15, 0.2) is 255 Å². The van der Waals surface area contributed by atoms with Crippen molar-refractivity contribution in [2.75, 3.05) is 9.80 Å². The second-order valence-corrected chi connectivity index (χ2v) is 46.6. The van der Waals surface area contributed by atoms with Crippen molar-refractivity contribution < 1.29 is 24.7 Å². The van der Waals surface area contributed by atoms with Crippen molar-refractivity contribution in [1.82, 2.24) is 9.13 Å². The smallest absolute Gasteiger partial charge is 0.252 e. The molecule has 0 bridgehead atoms. The Hall–Kier alpha value is -10.9. The van der Waals surface area contributed by atoms with Gasteiger partial charge in [0.2, 0.25) is 0 Å². The molecule has 0 saturated carbocycles. The van der Waals surface area contributed by atoms with Gasteiger partial charge in [0, 0.05) is 91.6 Å². The van der Waals surface area contributed by atoms with Crippen LogP contribution < -0.4 is 26.2 Å². The largest absolute Gasteiger partial charge is 0.310 e. The van der Waals surface area contributed by atoms with Gasteiger partial charge in [-0.1, -0.05) is 345 Å². The van der Waals surface area contributed by atoms with E-state index >= 15 is 0 Å². The zero-order valence-corrected chi connectivity index (χ0v) is 80.8. The lowest BCUT2D eigenvalue weighted by molar-refractivity contribution is 0.410. The number of aromatic nitrogens is 2. The highest BCUT2D eigenvalue weighted by molar-refractivity contribution is 7.00. The van der Waals surface area contributed by atoms with Crippen molar-refractivity contribution in [3.05, 3.63) is 305 Å². The summed E-state index contributed by atoms with van der Waals surface area (Å²) >= 11 is 0. The molecule has 0 atom stereocenters. The molecule has 0 amide bonds. The number of fused-ring (bicyclic) bond motifs is 10. The highest BCUT2D eigenvalue weighted by Crippen LogP contribution is 2.56. The van der Waals surface area contributed by atoms with E-state index < -0.39 is 89.8 Å². The van der Waals surface area contributed by atoms with Crippen molar-refractivity contribution in [1.29, 1.82) is 0 Å². The molecule has 2 aliphatic heterocycles. The van der Waals surface area contributed by atoms with E-state index in [1.54, 1.807) is 24.3 Å². The van der Waals surface area contributed by atoms with Crippen LogP contribution in [0.1, 0.15) is 262 Å². The standard InChI is InChI=1S/C123H141BN4/c1-115(2,3)70-79-36-32-40-88(56-79)96-62-85(76-121(19,20)21)63-97(89-41-33-37-80(57-89)71-116(4,5)6)113(96)127-108-68-92(125-104-46-30-28-44-94(104)100-60-83(48-54-106(100)125)74-119(13,14)15)50-52-102(108)124-103-53-51-93(126-105-47-31-29-45-95(105)101-61-84(49-55-107(101)126)75-120(16,17)18)69-109(103)128(111-67-87(78-123(25,26)27)66-110(127)112(111)124)114-98(90-42-34-38-81(58-90)72-117(7,8)9)64-86(77-122(22,23)24)65-99(114)91-43-35-39-82(59-91)73-118(10,11)12/h28-69H,70-78H2,1-27H3/i28D,29D,30D,31D,44D,45D,46D,47D,74D2,75D2,76D2,77D2,78D2. The summed E-state index contributed by atoms with van der Waals surface area (Å²) in [5, 5.41) is 1.14. The number of nitrogens with zero attached hydrogens (tertiary/aromatic N) is 4. The molecule has 13 aromatic carbocycles. The van der Waals surface area contributed by atoms with Gasteiger partial charge in [-0.15, -0.1) is 0 Å². The number of rotatable bonds is 17. The van der Waals surface area contributed by atoms with E-state index in [1.807, 2.05) is 174 Å². The normalized spacial score (nSPS) is 16.3. The fourth-order valence-corrected chi connectivity index (χ4v) is 19.7. The van der Waals surface area contributed by atoms with Crippen molar-refractivity contribution in [2.45, 2.75) is 244 Å². The Morgan fingerprint density at radius 1 is 0.250 bits per heavy atom. The van der Waals surface area contributed by atoms with Gasteiger partial charge in [0.15, 0.2) is 0 Å². The Balaban J connectivity index is 1.16. The molecule has 0 fully saturated rings. The Morgan fingerprint density at radius 3 is 0.836 bits per heavy atom. The first-order valence-corrected chi connectivity index (χ1v) is 46.1. The van der Waals surface area contributed by atoms with Gasteiger partial charge < -0.3 is 18.9 Å². The van der Waals surface area contributed by atoms with Gasteiger partial charge in [-0.05, 0) is 292 Å². The van der Waals surface area contributed by atoms with Gasteiger partial charge >= 0.3 is 0 Å². The maximum atomic E-state index is 11.4. The predicted octanol–water partition coefficient (Wildman–Crippen LogP) is 32.9. The molecule has 0 unspecified atom stereocenters. The van der Waals surface area contributed by atoms with E-state index in [9.17, 15) is 24.7 Å². The number of benzene rings is 13. The Labute approximate surface area is 794 Å². The zero-order chi connectivity index (χ0) is 107. The van der Waals surface area contributed by atoms with Crippen molar-refractivity contribution in [3.8, 4) is 55.9 Å².